The molecule has 3 heteroatoms. The molecule has 0 spiro atoms. The highest BCUT2D eigenvalue weighted by atomic mass is 16.1. The molecule has 1 unspecified atom stereocenters. The summed E-state index contributed by atoms with van der Waals surface area (Å²) in [6, 6.07) is 0.299. The van der Waals surface area contributed by atoms with Crippen LogP contribution in [0.5, 0.6) is 0 Å². The van der Waals surface area contributed by atoms with E-state index in [1.54, 1.807) is 6.92 Å². The molecule has 0 aromatic carbocycles. The van der Waals surface area contributed by atoms with E-state index in [0.29, 0.717) is 6.04 Å². The van der Waals surface area contributed by atoms with E-state index in [1.165, 1.54) is 0 Å². The Morgan fingerprint density at radius 2 is 2.08 bits per heavy atom. The van der Waals surface area contributed by atoms with Crippen molar-refractivity contribution in [2.75, 3.05) is 20.1 Å². The summed E-state index contributed by atoms with van der Waals surface area (Å²) in [5.41, 5.74) is 0. The Kier molecular flexibility index (Phi) is 5.72. The molecule has 0 aliphatic carbocycles. The molecule has 0 bridgehead atoms. The van der Waals surface area contributed by atoms with Crippen LogP contribution in [-0.2, 0) is 4.79 Å². The third kappa shape index (κ3) is 5.13. The molecule has 3 nitrogen and oxygen atoms in total. The molecule has 0 aromatic heterocycles. The van der Waals surface area contributed by atoms with E-state index in [0.717, 1.165) is 19.5 Å². The van der Waals surface area contributed by atoms with Crippen LogP contribution >= 0.6 is 0 Å². The van der Waals surface area contributed by atoms with Crippen LogP contribution < -0.4 is 5.32 Å². The van der Waals surface area contributed by atoms with Crippen LogP contribution in [0.2, 0.25) is 0 Å². The van der Waals surface area contributed by atoms with Gasteiger partial charge >= 0.3 is 0 Å². The lowest BCUT2D eigenvalue weighted by Gasteiger charge is -2.22. The van der Waals surface area contributed by atoms with Crippen LogP contribution in [0.4, 0.5) is 0 Å². The van der Waals surface area contributed by atoms with Crippen molar-refractivity contribution in [1.29, 1.82) is 0 Å². The Morgan fingerprint density at radius 3 is 2.42 bits per heavy atom. The first kappa shape index (κ1) is 11.4. The number of likely N-dealkylation sites (N-methyl/N-ethyl adjacent to an activating group) is 1. The topological polar surface area (TPSA) is 32.3 Å². The van der Waals surface area contributed by atoms with Gasteiger partial charge in [-0.1, -0.05) is 13.8 Å². The number of carbonyl (C=O) groups excluding carboxylic acids is 1. The first-order valence-corrected chi connectivity index (χ1v) is 4.55. The largest absolute Gasteiger partial charge is 0.352 e. The maximum atomic E-state index is 10.8. The third-order valence-electron chi connectivity index (χ3n) is 1.97. The van der Waals surface area contributed by atoms with Gasteiger partial charge in [0, 0.05) is 19.5 Å². The summed E-state index contributed by atoms with van der Waals surface area (Å²) >= 11 is 0. The van der Waals surface area contributed by atoms with Crippen molar-refractivity contribution in [2.45, 2.75) is 33.2 Å². The van der Waals surface area contributed by atoms with Gasteiger partial charge in [0.1, 0.15) is 0 Å². The Morgan fingerprint density at radius 1 is 1.50 bits per heavy atom. The van der Waals surface area contributed by atoms with Crippen LogP contribution in [-0.4, -0.2) is 37.0 Å². The summed E-state index contributed by atoms with van der Waals surface area (Å²) in [6.07, 6.45) is 0.990. The molecule has 0 fully saturated rings. The predicted molar refractivity (Wildman–Crippen MR) is 51.1 cm³/mol. The summed E-state index contributed by atoms with van der Waals surface area (Å²) in [7, 11) is 2.06. The fourth-order valence-electron chi connectivity index (χ4n) is 1.07. The summed E-state index contributed by atoms with van der Waals surface area (Å²) < 4.78 is 0. The number of carbonyl (C=O) groups is 1. The first-order chi connectivity index (χ1) is 5.60. The van der Waals surface area contributed by atoms with Crippen molar-refractivity contribution < 1.29 is 4.79 Å². The lowest BCUT2D eigenvalue weighted by atomic mass is 10.2. The molecule has 12 heavy (non-hydrogen) atoms. The quantitative estimate of drug-likeness (QED) is 0.667. The molecule has 0 saturated heterocycles. The van der Waals surface area contributed by atoms with E-state index in [-0.39, 0.29) is 5.91 Å². The molecular weight excluding hydrogens is 152 g/mol. The Labute approximate surface area is 75.1 Å². The summed E-state index contributed by atoms with van der Waals surface area (Å²) in [4.78, 5) is 13.0. The van der Waals surface area contributed by atoms with Crippen molar-refractivity contribution in [3.63, 3.8) is 0 Å². The minimum atomic E-state index is 0.0614. The maximum Gasteiger partial charge on any atom is 0.217 e. The van der Waals surface area contributed by atoms with Crippen molar-refractivity contribution in [1.82, 2.24) is 10.2 Å². The standard InChI is InChI=1S/C9H20N2O/c1-5-9(10-8(3)12)7-11(4)6-2/h9H,5-7H2,1-4H3,(H,10,12). The number of hydrogen-bond acceptors (Lipinski definition) is 2. The predicted octanol–water partition coefficient (Wildman–Crippen LogP) is 0.853. The monoisotopic (exact) mass is 172 g/mol. The van der Waals surface area contributed by atoms with Crippen LogP contribution in [0.1, 0.15) is 27.2 Å². The molecule has 0 heterocycles. The van der Waals surface area contributed by atoms with Crippen molar-refractivity contribution in [3.8, 4) is 0 Å². The number of nitrogens with one attached hydrogen (secondary N) is 1. The third-order valence-corrected chi connectivity index (χ3v) is 1.97. The van der Waals surface area contributed by atoms with Crippen molar-refractivity contribution in [3.05, 3.63) is 0 Å². The fraction of sp³-hybridized carbons (Fsp3) is 0.889. The molecule has 0 aliphatic heterocycles. The number of amides is 1. The van der Waals surface area contributed by atoms with Crippen LogP contribution in [0, 0.1) is 0 Å². The molecule has 0 saturated carbocycles. The average molecular weight is 172 g/mol. The second-order valence-electron chi connectivity index (χ2n) is 3.16. The fourth-order valence-corrected chi connectivity index (χ4v) is 1.07. The molecule has 0 aliphatic rings. The SMILES string of the molecule is CCC(CN(C)CC)NC(C)=O. The van der Waals surface area contributed by atoms with Gasteiger partial charge in [0.15, 0.2) is 0 Å². The van der Waals surface area contributed by atoms with E-state index in [1.807, 2.05) is 0 Å². The van der Waals surface area contributed by atoms with E-state index >= 15 is 0 Å². The highest BCUT2D eigenvalue weighted by Crippen LogP contribution is 1.93. The van der Waals surface area contributed by atoms with Crippen molar-refractivity contribution in [2.24, 2.45) is 0 Å². The van der Waals surface area contributed by atoms with Gasteiger partial charge in [-0.25, -0.2) is 0 Å². The number of rotatable bonds is 5. The minimum Gasteiger partial charge on any atom is -0.352 e. The zero-order valence-corrected chi connectivity index (χ0v) is 8.55. The first-order valence-electron chi connectivity index (χ1n) is 4.55. The lowest BCUT2D eigenvalue weighted by Crippen LogP contribution is -2.41. The summed E-state index contributed by atoms with van der Waals surface area (Å²) in [5, 5.41) is 2.91. The van der Waals surface area contributed by atoms with E-state index in [9.17, 15) is 4.79 Å². The van der Waals surface area contributed by atoms with Crippen LogP contribution in [0.25, 0.3) is 0 Å². The second kappa shape index (κ2) is 6.00. The van der Waals surface area contributed by atoms with Gasteiger partial charge in [-0.3, -0.25) is 4.79 Å². The highest BCUT2D eigenvalue weighted by molar-refractivity contribution is 5.73. The normalized spacial score (nSPS) is 13.1. The van der Waals surface area contributed by atoms with Crippen LogP contribution in [0.15, 0.2) is 0 Å². The van der Waals surface area contributed by atoms with Gasteiger partial charge in [0.25, 0.3) is 0 Å². The molecule has 0 aromatic rings. The molecule has 72 valence electrons. The minimum absolute atomic E-state index is 0.0614. The number of nitrogens with zero attached hydrogens (tertiary/aromatic N) is 1. The van der Waals surface area contributed by atoms with E-state index in [4.69, 9.17) is 0 Å². The zero-order chi connectivity index (χ0) is 9.56. The molecular formula is C9H20N2O. The maximum absolute atomic E-state index is 10.8. The molecule has 1 amide bonds. The summed E-state index contributed by atoms with van der Waals surface area (Å²) in [5.74, 6) is 0.0614. The number of hydrogen-bond donors (Lipinski definition) is 1. The Hall–Kier alpha value is -0.570. The molecule has 0 radical (unpaired) electrons. The van der Waals surface area contributed by atoms with Crippen LogP contribution in [0.3, 0.4) is 0 Å². The van der Waals surface area contributed by atoms with Gasteiger partial charge in [-0.05, 0) is 20.0 Å². The zero-order valence-electron chi connectivity index (χ0n) is 8.55. The Bertz CT molecular complexity index is 136. The van der Waals surface area contributed by atoms with Gasteiger partial charge < -0.3 is 10.2 Å². The van der Waals surface area contributed by atoms with Gasteiger partial charge in [0.2, 0.25) is 5.91 Å². The van der Waals surface area contributed by atoms with Gasteiger partial charge in [-0.15, -0.1) is 0 Å². The summed E-state index contributed by atoms with van der Waals surface area (Å²) in [6.45, 7) is 7.72. The van der Waals surface area contributed by atoms with Crippen molar-refractivity contribution >= 4 is 5.91 Å². The Balaban J connectivity index is 3.74. The highest BCUT2D eigenvalue weighted by Gasteiger charge is 2.08. The second-order valence-corrected chi connectivity index (χ2v) is 3.16. The molecule has 1 atom stereocenters. The average Bonchev–Trinajstić information content (AvgIpc) is 2.02. The smallest absolute Gasteiger partial charge is 0.217 e. The molecule has 0 rings (SSSR count). The van der Waals surface area contributed by atoms with Gasteiger partial charge in [0.05, 0.1) is 0 Å². The van der Waals surface area contributed by atoms with E-state index in [2.05, 4.69) is 31.1 Å². The van der Waals surface area contributed by atoms with E-state index < -0.39 is 0 Å². The lowest BCUT2D eigenvalue weighted by molar-refractivity contribution is -0.119. The molecule has 1 N–H and O–H groups in total. The van der Waals surface area contributed by atoms with Gasteiger partial charge in [-0.2, -0.15) is 0 Å².